The number of ether oxygens (including phenoxy) is 3. The molecule has 0 bridgehead atoms. The van der Waals surface area contributed by atoms with Crippen molar-refractivity contribution in [3.63, 3.8) is 0 Å². The molecular formula is C25H42N2O3. The van der Waals surface area contributed by atoms with Crippen molar-refractivity contribution in [2.24, 2.45) is 0 Å². The summed E-state index contributed by atoms with van der Waals surface area (Å²) in [5, 5.41) is 0. The van der Waals surface area contributed by atoms with Gasteiger partial charge < -0.3 is 14.2 Å². The number of hydrogen-bond donors (Lipinski definition) is 0. The molecule has 0 aromatic heterocycles. The highest BCUT2D eigenvalue weighted by molar-refractivity contribution is 5.48. The molecule has 0 aliphatic carbocycles. The lowest BCUT2D eigenvalue weighted by Gasteiger charge is -2.38. The molecule has 5 heteroatoms. The molecule has 170 valence electrons. The van der Waals surface area contributed by atoms with Gasteiger partial charge in [-0.15, -0.1) is 0 Å². The summed E-state index contributed by atoms with van der Waals surface area (Å²) in [5.41, 5.74) is 2.74. The summed E-state index contributed by atoms with van der Waals surface area (Å²) in [4.78, 5) is 5.24. The molecule has 3 rings (SSSR count). The fourth-order valence-electron chi connectivity index (χ4n) is 5.05. The molecule has 2 aliphatic rings. The lowest BCUT2D eigenvalue weighted by molar-refractivity contribution is 0.0544. The third kappa shape index (κ3) is 5.89. The number of nitrogens with zero attached hydrogens (tertiary/aromatic N) is 2. The summed E-state index contributed by atoms with van der Waals surface area (Å²) in [7, 11) is 3.41. The van der Waals surface area contributed by atoms with E-state index in [9.17, 15) is 0 Å². The Morgan fingerprint density at radius 1 is 0.967 bits per heavy atom. The first kappa shape index (κ1) is 23.4. The zero-order valence-electron chi connectivity index (χ0n) is 19.8. The quantitative estimate of drug-likeness (QED) is 0.522. The molecule has 0 amide bonds. The van der Waals surface area contributed by atoms with Gasteiger partial charge in [0.2, 0.25) is 0 Å². The monoisotopic (exact) mass is 418 g/mol. The Morgan fingerprint density at radius 2 is 1.70 bits per heavy atom. The first-order valence-electron chi connectivity index (χ1n) is 11.8. The van der Waals surface area contributed by atoms with Crippen LogP contribution in [0.25, 0.3) is 0 Å². The normalized spacial score (nSPS) is 21.5. The molecule has 2 atom stereocenters. The fraction of sp³-hybridized carbons (Fsp3) is 0.760. The molecule has 1 aromatic carbocycles. The molecule has 1 fully saturated rings. The molecule has 0 radical (unpaired) electrons. The molecule has 2 aliphatic heterocycles. The maximum Gasteiger partial charge on any atom is 0.161 e. The molecule has 0 N–H and O–H groups in total. The predicted molar refractivity (Wildman–Crippen MR) is 123 cm³/mol. The number of piperidine rings is 1. The number of hydrogen-bond acceptors (Lipinski definition) is 5. The molecule has 30 heavy (non-hydrogen) atoms. The van der Waals surface area contributed by atoms with Gasteiger partial charge in [-0.25, -0.2) is 0 Å². The smallest absolute Gasteiger partial charge is 0.161 e. The van der Waals surface area contributed by atoms with Crippen molar-refractivity contribution in [1.82, 2.24) is 9.80 Å². The summed E-state index contributed by atoms with van der Waals surface area (Å²) in [6, 6.07) is 6.17. The van der Waals surface area contributed by atoms with Crippen LogP contribution in [0.3, 0.4) is 0 Å². The van der Waals surface area contributed by atoms with E-state index >= 15 is 0 Å². The highest BCUT2D eigenvalue weighted by Crippen LogP contribution is 2.33. The number of likely N-dealkylation sites (tertiary alicyclic amines) is 1. The second kappa shape index (κ2) is 11.4. The van der Waals surface area contributed by atoms with Crippen LogP contribution in [0.2, 0.25) is 0 Å². The van der Waals surface area contributed by atoms with Crippen LogP contribution >= 0.6 is 0 Å². The van der Waals surface area contributed by atoms with E-state index in [-0.39, 0.29) is 0 Å². The highest BCUT2D eigenvalue weighted by atomic mass is 16.5. The SMILES string of the molecule is COc1cc2c(cc1OC)CN(C(C)CCOCC[C@@H]1CCCCN1C(C)C)CC2. The topological polar surface area (TPSA) is 34.2 Å². The van der Waals surface area contributed by atoms with Crippen LogP contribution in [0, 0.1) is 0 Å². The maximum atomic E-state index is 6.07. The third-order valence-electron chi connectivity index (χ3n) is 6.98. The van der Waals surface area contributed by atoms with Crippen LogP contribution in [0.4, 0.5) is 0 Å². The van der Waals surface area contributed by atoms with E-state index in [1.54, 1.807) is 14.2 Å². The summed E-state index contributed by atoms with van der Waals surface area (Å²) in [6.07, 6.45) is 7.38. The molecule has 5 nitrogen and oxygen atoms in total. The summed E-state index contributed by atoms with van der Waals surface area (Å²) in [6.45, 7) is 12.0. The van der Waals surface area contributed by atoms with Crippen molar-refractivity contribution in [3.05, 3.63) is 23.3 Å². The van der Waals surface area contributed by atoms with Crippen molar-refractivity contribution in [2.75, 3.05) is 40.5 Å². The number of methoxy groups -OCH3 is 2. The Hall–Kier alpha value is -1.30. The number of fused-ring (bicyclic) bond motifs is 1. The van der Waals surface area contributed by atoms with Gasteiger partial charge in [-0.1, -0.05) is 6.42 Å². The van der Waals surface area contributed by atoms with E-state index in [0.29, 0.717) is 18.1 Å². The molecule has 1 saturated heterocycles. The van der Waals surface area contributed by atoms with E-state index in [1.165, 1.54) is 43.4 Å². The van der Waals surface area contributed by atoms with Gasteiger partial charge in [-0.05, 0) is 82.7 Å². The van der Waals surface area contributed by atoms with E-state index in [4.69, 9.17) is 14.2 Å². The van der Waals surface area contributed by atoms with Crippen LogP contribution in [-0.4, -0.2) is 68.4 Å². The maximum absolute atomic E-state index is 6.07. The zero-order chi connectivity index (χ0) is 21.5. The van der Waals surface area contributed by atoms with E-state index in [2.05, 4.69) is 42.7 Å². The van der Waals surface area contributed by atoms with Crippen molar-refractivity contribution in [2.45, 2.75) is 84.0 Å². The molecule has 1 unspecified atom stereocenters. The van der Waals surface area contributed by atoms with Crippen LogP contribution in [0.15, 0.2) is 12.1 Å². The van der Waals surface area contributed by atoms with E-state index < -0.39 is 0 Å². The molecule has 1 aromatic rings. The Morgan fingerprint density at radius 3 is 2.40 bits per heavy atom. The average Bonchev–Trinajstić information content (AvgIpc) is 2.77. The minimum atomic E-state index is 0.521. The Bertz CT molecular complexity index is 664. The van der Waals surface area contributed by atoms with Crippen LogP contribution in [0.5, 0.6) is 11.5 Å². The highest BCUT2D eigenvalue weighted by Gasteiger charge is 2.25. The van der Waals surface area contributed by atoms with Gasteiger partial charge in [-0.3, -0.25) is 9.80 Å². The zero-order valence-corrected chi connectivity index (χ0v) is 19.8. The summed E-state index contributed by atoms with van der Waals surface area (Å²) in [5.74, 6) is 1.66. The van der Waals surface area contributed by atoms with Gasteiger partial charge in [-0.2, -0.15) is 0 Å². The third-order valence-corrected chi connectivity index (χ3v) is 6.98. The largest absolute Gasteiger partial charge is 0.493 e. The summed E-state index contributed by atoms with van der Waals surface area (Å²) >= 11 is 0. The Balaban J connectivity index is 1.41. The number of benzene rings is 1. The van der Waals surface area contributed by atoms with Crippen molar-refractivity contribution in [1.29, 1.82) is 0 Å². The van der Waals surface area contributed by atoms with Crippen LogP contribution in [-0.2, 0) is 17.7 Å². The van der Waals surface area contributed by atoms with Crippen LogP contribution in [0.1, 0.15) is 64.0 Å². The van der Waals surface area contributed by atoms with Gasteiger partial charge in [0.25, 0.3) is 0 Å². The minimum absolute atomic E-state index is 0.521. The Labute approximate surface area is 183 Å². The predicted octanol–water partition coefficient (Wildman–Crippen LogP) is 4.51. The lowest BCUT2D eigenvalue weighted by atomic mass is 9.97. The summed E-state index contributed by atoms with van der Waals surface area (Å²) < 4.78 is 17.0. The molecule has 0 spiro atoms. The molecule has 2 heterocycles. The minimum Gasteiger partial charge on any atom is -0.493 e. The Kier molecular flexibility index (Phi) is 8.84. The van der Waals surface area contributed by atoms with Gasteiger partial charge in [0.15, 0.2) is 11.5 Å². The van der Waals surface area contributed by atoms with Crippen LogP contribution < -0.4 is 9.47 Å². The second-order valence-electron chi connectivity index (χ2n) is 9.22. The standard InChI is InChI=1S/C25H42N2O3/c1-19(2)27-12-7-6-8-23(27)11-15-30-14-10-20(3)26-13-9-21-16-24(28-4)25(29-5)17-22(21)18-26/h16-17,19-20,23H,6-15,18H2,1-5H3/t20?,23-/m0/s1. The van der Waals surface area contributed by atoms with Crippen molar-refractivity contribution >= 4 is 0 Å². The second-order valence-corrected chi connectivity index (χ2v) is 9.22. The van der Waals surface area contributed by atoms with Gasteiger partial charge >= 0.3 is 0 Å². The molecule has 0 saturated carbocycles. The first-order valence-corrected chi connectivity index (χ1v) is 11.8. The fourth-order valence-corrected chi connectivity index (χ4v) is 5.05. The van der Waals surface area contributed by atoms with Crippen molar-refractivity contribution in [3.8, 4) is 11.5 Å². The first-order chi connectivity index (χ1) is 14.5. The van der Waals surface area contributed by atoms with Gasteiger partial charge in [0, 0.05) is 44.4 Å². The number of rotatable bonds is 10. The van der Waals surface area contributed by atoms with E-state index in [1.807, 2.05) is 0 Å². The van der Waals surface area contributed by atoms with Gasteiger partial charge in [0.05, 0.1) is 14.2 Å². The van der Waals surface area contributed by atoms with Gasteiger partial charge in [0.1, 0.15) is 0 Å². The lowest BCUT2D eigenvalue weighted by Crippen LogP contribution is -2.44. The average molecular weight is 419 g/mol. The van der Waals surface area contributed by atoms with E-state index in [0.717, 1.165) is 50.6 Å². The molecular weight excluding hydrogens is 376 g/mol. The van der Waals surface area contributed by atoms with Crippen molar-refractivity contribution < 1.29 is 14.2 Å².